The van der Waals surface area contributed by atoms with Gasteiger partial charge in [-0.3, -0.25) is 0 Å². The third kappa shape index (κ3) is 5.45. The maximum Gasteiger partial charge on any atom is 0.338 e. The van der Waals surface area contributed by atoms with Gasteiger partial charge in [0.05, 0.1) is 17.7 Å². The highest BCUT2D eigenvalue weighted by Crippen LogP contribution is 2.31. The fourth-order valence-corrected chi connectivity index (χ4v) is 3.57. The SMILES string of the molecule is CCC1=C(C(=O)OC(C)C)C(c2cccc(OCc3cc(C)ccc3C)c2)NC(=O)N1. The van der Waals surface area contributed by atoms with Gasteiger partial charge in [-0.05, 0) is 62.9 Å². The van der Waals surface area contributed by atoms with Crippen molar-refractivity contribution in [3.05, 3.63) is 76.0 Å². The van der Waals surface area contributed by atoms with E-state index in [2.05, 4.69) is 42.7 Å². The molecule has 2 amide bonds. The number of allylic oxidation sites excluding steroid dienone is 1. The zero-order chi connectivity index (χ0) is 22.5. The van der Waals surface area contributed by atoms with Crippen molar-refractivity contribution >= 4 is 12.0 Å². The fraction of sp³-hybridized carbons (Fsp3) is 0.360. The average Bonchev–Trinajstić information content (AvgIpc) is 2.73. The van der Waals surface area contributed by atoms with Crippen molar-refractivity contribution in [3.8, 4) is 5.75 Å². The molecule has 0 fully saturated rings. The molecule has 6 heteroatoms. The van der Waals surface area contributed by atoms with E-state index in [1.54, 1.807) is 13.8 Å². The van der Waals surface area contributed by atoms with E-state index in [4.69, 9.17) is 9.47 Å². The molecule has 2 N–H and O–H groups in total. The van der Waals surface area contributed by atoms with Crippen LogP contribution >= 0.6 is 0 Å². The summed E-state index contributed by atoms with van der Waals surface area (Å²) in [6.45, 7) is 10.0. The summed E-state index contributed by atoms with van der Waals surface area (Å²) in [5.41, 5.74) is 5.22. The third-order valence-electron chi connectivity index (χ3n) is 5.16. The molecule has 0 bridgehead atoms. The topological polar surface area (TPSA) is 76.7 Å². The Morgan fingerprint density at radius 3 is 2.61 bits per heavy atom. The Kier molecular flexibility index (Phi) is 7.00. The summed E-state index contributed by atoms with van der Waals surface area (Å²) in [4.78, 5) is 25.1. The molecule has 164 valence electrons. The monoisotopic (exact) mass is 422 g/mol. The first-order valence-electron chi connectivity index (χ1n) is 10.6. The zero-order valence-electron chi connectivity index (χ0n) is 18.7. The van der Waals surface area contributed by atoms with Crippen molar-refractivity contribution in [1.29, 1.82) is 0 Å². The van der Waals surface area contributed by atoms with Crippen LogP contribution in [0.2, 0.25) is 0 Å². The van der Waals surface area contributed by atoms with Gasteiger partial charge in [0, 0.05) is 5.70 Å². The summed E-state index contributed by atoms with van der Waals surface area (Å²) in [6.07, 6.45) is 0.249. The molecular weight excluding hydrogens is 392 g/mol. The zero-order valence-corrected chi connectivity index (χ0v) is 18.7. The van der Waals surface area contributed by atoms with E-state index in [1.807, 2.05) is 31.2 Å². The van der Waals surface area contributed by atoms with Crippen LogP contribution in [-0.2, 0) is 16.1 Å². The van der Waals surface area contributed by atoms with Crippen molar-refractivity contribution in [3.63, 3.8) is 0 Å². The predicted octanol–water partition coefficient (Wildman–Crippen LogP) is 4.85. The van der Waals surface area contributed by atoms with E-state index in [-0.39, 0.29) is 12.1 Å². The number of nitrogens with one attached hydrogen (secondary N) is 2. The molecule has 3 rings (SSSR count). The van der Waals surface area contributed by atoms with Crippen LogP contribution in [0.5, 0.6) is 5.75 Å². The van der Waals surface area contributed by atoms with Crippen LogP contribution in [0.25, 0.3) is 0 Å². The molecule has 0 saturated heterocycles. The number of aryl methyl sites for hydroxylation is 2. The third-order valence-corrected chi connectivity index (χ3v) is 5.16. The quantitative estimate of drug-likeness (QED) is 0.625. The number of benzene rings is 2. The Labute approximate surface area is 183 Å². The summed E-state index contributed by atoms with van der Waals surface area (Å²) in [6, 6.07) is 12.8. The molecule has 2 aromatic carbocycles. The van der Waals surface area contributed by atoms with Crippen molar-refractivity contribution in [2.75, 3.05) is 0 Å². The van der Waals surface area contributed by atoms with Crippen LogP contribution in [0.15, 0.2) is 53.7 Å². The van der Waals surface area contributed by atoms with Gasteiger partial charge in [0.25, 0.3) is 0 Å². The molecule has 0 aromatic heterocycles. The van der Waals surface area contributed by atoms with Crippen LogP contribution in [0, 0.1) is 13.8 Å². The lowest BCUT2D eigenvalue weighted by molar-refractivity contribution is -0.143. The molecule has 1 aliphatic rings. The van der Waals surface area contributed by atoms with Gasteiger partial charge in [-0.2, -0.15) is 0 Å². The number of amides is 2. The second-order valence-corrected chi connectivity index (χ2v) is 8.02. The largest absolute Gasteiger partial charge is 0.489 e. The van der Waals surface area contributed by atoms with Gasteiger partial charge < -0.3 is 20.1 Å². The lowest BCUT2D eigenvalue weighted by atomic mass is 9.94. The smallest absolute Gasteiger partial charge is 0.338 e. The molecule has 0 radical (unpaired) electrons. The highest BCUT2D eigenvalue weighted by molar-refractivity contribution is 5.95. The summed E-state index contributed by atoms with van der Waals surface area (Å²) < 4.78 is 11.5. The second kappa shape index (κ2) is 9.69. The van der Waals surface area contributed by atoms with Crippen LogP contribution in [0.1, 0.15) is 55.5 Å². The molecule has 0 aliphatic carbocycles. The Morgan fingerprint density at radius 1 is 1.13 bits per heavy atom. The normalized spacial score (nSPS) is 16.1. The molecule has 1 aliphatic heterocycles. The van der Waals surface area contributed by atoms with Gasteiger partial charge >= 0.3 is 12.0 Å². The Hall–Kier alpha value is -3.28. The molecule has 31 heavy (non-hydrogen) atoms. The van der Waals surface area contributed by atoms with Crippen molar-refractivity contribution in [2.45, 2.75) is 59.8 Å². The van der Waals surface area contributed by atoms with E-state index >= 15 is 0 Å². The highest BCUT2D eigenvalue weighted by atomic mass is 16.5. The average molecular weight is 423 g/mol. The Bertz CT molecular complexity index is 1010. The fourth-order valence-electron chi connectivity index (χ4n) is 3.57. The van der Waals surface area contributed by atoms with E-state index < -0.39 is 12.0 Å². The molecule has 6 nitrogen and oxygen atoms in total. The number of urea groups is 1. The minimum atomic E-state index is -0.612. The number of rotatable bonds is 7. The molecule has 1 atom stereocenters. The van der Waals surface area contributed by atoms with Gasteiger partial charge in [-0.25, -0.2) is 9.59 Å². The van der Waals surface area contributed by atoms with Gasteiger partial charge in [-0.15, -0.1) is 0 Å². The summed E-state index contributed by atoms with van der Waals surface area (Å²) in [5, 5.41) is 5.59. The lowest BCUT2D eigenvalue weighted by Gasteiger charge is -2.29. The van der Waals surface area contributed by atoms with Crippen LogP contribution in [0.3, 0.4) is 0 Å². The molecule has 0 saturated carbocycles. The minimum Gasteiger partial charge on any atom is -0.489 e. The number of hydrogen-bond acceptors (Lipinski definition) is 4. The Balaban J connectivity index is 1.88. The van der Waals surface area contributed by atoms with Gasteiger partial charge in [0.1, 0.15) is 12.4 Å². The highest BCUT2D eigenvalue weighted by Gasteiger charge is 2.33. The first-order chi connectivity index (χ1) is 14.8. The number of ether oxygens (including phenoxy) is 2. The molecule has 0 spiro atoms. The second-order valence-electron chi connectivity index (χ2n) is 8.02. The lowest BCUT2D eigenvalue weighted by Crippen LogP contribution is -2.46. The Morgan fingerprint density at radius 2 is 1.90 bits per heavy atom. The van der Waals surface area contributed by atoms with Gasteiger partial charge in [0.2, 0.25) is 0 Å². The number of carbonyl (C=O) groups excluding carboxylic acids is 2. The van der Waals surface area contributed by atoms with E-state index in [9.17, 15) is 9.59 Å². The van der Waals surface area contributed by atoms with Crippen LogP contribution in [0.4, 0.5) is 4.79 Å². The first kappa shape index (κ1) is 22.4. The van der Waals surface area contributed by atoms with Crippen molar-refractivity contribution < 1.29 is 19.1 Å². The molecule has 1 unspecified atom stereocenters. The van der Waals surface area contributed by atoms with E-state index in [0.29, 0.717) is 30.0 Å². The summed E-state index contributed by atoms with van der Waals surface area (Å²) in [7, 11) is 0. The number of esters is 1. The van der Waals surface area contributed by atoms with Crippen molar-refractivity contribution in [2.24, 2.45) is 0 Å². The standard InChI is InChI=1S/C25H30N2O4/c1-6-21-22(24(28)31-15(2)3)23(27-25(29)26-21)18-8-7-9-20(13-18)30-14-19-12-16(4)10-11-17(19)5/h7-13,15,23H,6,14H2,1-5H3,(H2,26,27,29). The number of hydrogen-bond donors (Lipinski definition) is 2. The minimum absolute atomic E-state index is 0.261. The molecule has 1 heterocycles. The van der Waals surface area contributed by atoms with Crippen molar-refractivity contribution in [1.82, 2.24) is 10.6 Å². The van der Waals surface area contributed by atoms with Crippen LogP contribution < -0.4 is 15.4 Å². The molecular formula is C25H30N2O4. The number of carbonyl (C=O) groups is 2. The van der Waals surface area contributed by atoms with Gasteiger partial charge in [-0.1, -0.05) is 42.8 Å². The maximum atomic E-state index is 12.8. The van der Waals surface area contributed by atoms with E-state index in [1.165, 1.54) is 11.1 Å². The van der Waals surface area contributed by atoms with Gasteiger partial charge in [0.15, 0.2) is 0 Å². The predicted molar refractivity (Wildman–Crippen MR) is 120 cm³/mol. The van der Waals surface area contributed by atoms with Crippen LogP contribution in [-0.4, -0.2) is 18.1 Å². The molecule has 2 aromatic rings. The maximum absolute atomic E-state index is 12.8. The summed E-state index contributed by atoms with van der Waals surface area (Å²) in [5.74, 6) is 0.229. The first-order valence-corrected chi connectivity index (χ1v) is 10.6. The van der Waals surface area contributed by atoms with E-state index in [0.717, 1.165) is 11.1 Å². The summed E-state index contributed by atoms with van der Waals surface area (Å²) >= 11 is 0.